The van der Waals surface area contributed by atoms with Crippen LogP contribution >= 0.6 is 22.6 Å². The molecule has 1 heteroatoms. The van der Waals surface area contributed by atoms with E-state index in [1.807, 2.05) is 0 Å². The molecule has 78 valence electrons. The second-order valence-corrected chi connectivity index (χ2v) is 5.89. The Morgan fingerprint density at radius 1 is 1.07 bits per heavy atom. The van der Waals surface area contributed by atoms with Crippen molar-refractivity contribution < 1.29 is 0 Å². The zero-order chi connectivity index (χ0) is 10.7. The van der Waals surface area contributed by atoms with E-state index in [-0.39, 0.29) is 0 Å². The summed E-state index contributed by atoms with van der Waals surface area (Å²) in [7, 11) is 0. The predicted octanol–water partition coefficient (Wildman–Crippen LogP) is 4.61. The molecule has 0 aliphatic rings. The smallest absolute Gasteiger partial charge is 0.0135 e. The van der Waals surface area contributed by atoms with Crippen molar-refractivity contribution in [3.63, 3.8) is 0 Å². The molecule has 0 bridgehead atoms. The topological polar surface area (TPSA) is 0 Å². The monoisotopic (exact) mass is 302 g/mol. The van der Waals surface area contributed by atoms with Crippen LogP contribution in [0.3, 0.4) is 0 Å². The van der Waals surface area contributed by atoms with Crippen molar-refractivity contribution >= 4 is 22.6 Å². The molecular weight excluding hydrogens is 283 g/mol. The van der Waals surface area contributed by atoms with Crippen molar-refractivity contribution in [1.82, 2.24) is 0 Å². The minimum absolute atomic E-state index is 0.635. The predicted molar refractivity (Wildman–Crippen MR) is 71.8 cm³/mol. The van der Waals surface area contributed by atoms with Crippen LogP contribution in [-0.4, -0.2) is 0 Å². The van der Waals surface area contributed by atoms with Crippen LogP contribution in [0.15, 0.2) is 18.2 Å². The van der Waals surface area contributed by atoms with Crippen molar-refractivity contribution in [2.75, 3.05) is 0 Å². The Morgan fingerprint density at radius 3 is 2.21 bits per heavy atom. The highest BCUT2D eigenvalue weighted by molar-refractivity contribution is 14.1. The van der Waals surface area contributed by atoms with Gasteiger partial charge in [-0.05, 0) is 64.1 Å². The maximum Gasteiger partial charge on any atom is 0.0135 e. The molecule has 0 amide bonds. The summed E-state index contributed by atoms with van der Waals surface area (Å²) >= 11 is 2.41. The Labute approximate surface area is 101 Å². The lowest BCUT2D eigenvalue weighted by Gasteiger charge is -2.11. The highest BCUT2D eigenvalue weighted by Crippen LogP contribution is 2.21. The number of halogens is 1. The van der Waals surface area contributed by atoms with Crippen LogP contribution in [0.5, 0.6) is 0 Å². The summed E-state index contributed by atoms with van der Waals surface area (Å²) in [6.45, 7) is 9.05. The Kier molecular flexibility index (Phi) is 4.42. The van der Waals surface area contributed by atoms with Crippen LogP contribution in [0.25, 0.3) is 0 Å². The molecule has 0 aromatic heterocycles. The van der Waals surface area contributed by atoms with Gasteiger partial charge in [0.15, 0.2) is 0 Å². The molecule has 1 rings (SSSR count). The summed E-state index contributed by atoms with van der Waals surface area (Å²) in [5.41, 5.74) is 2.95. The van der Waals surface area contributed by atoms with E-state index in [1.54, 1.807) is 0 Å². The Bertz CT molecular complexity index is 300. The molecule has 0 unspecified atom stereocenters. The lowest BCUT2D eigenvalue weighted by molar-refractivity contribution is 0.646. The fourth-order valence-corrected chi connectivity index (χ4v) is 2.36. The van der Waals surface area contributed by atoms with Gasteiger partial charge in [-0.1, -0.05) is 33.8 Å². The molecule has 0 aliphatic heterocycles. The standard InChI is InChI=1S/C13H19I/c1-9(2)5-11-6-12(10(3)4)8-13(14)7-11/h6-10H,5H2,1-4H3. The van der Waals surface area contributed by atoms with Gasteiger partial charge >= 0.3 is 0 Å². The Hall–Kier alpha value is -0.0500. The van der Waals surface area contributed by atoms with Crippen molar-refractivity contribution in [1.29, 1.82) is 0 Å². The van der Waals surface area contributed by atoms with Crippen LogP contribution in [-0.2, 0) is 6.42 Å². The van der Waals surface area contributed by atoms with Gasteiger partial charge < -0.3 is 0 Å². The minimum atomic E-state index is 0.635. The molecular formula is C13H19I. The first-order valence-corrected chi connectivity index (χ1v) is 6.36. The van der Waals surface area contributed by atoms with Crippen molar-refractivity contribution in [2.24, 2.45) is 5.92 Å². The summed E-state index contributed by atoms with van der Waals surface area (Å²) in [4.78, 5) is 0. The Morgan fingerprint density at radius 2 is 1.71 bits per heavy atom. The SMILES string of the molecule is CC(C)Cc1cc(I)cc(C(C)C)c1. The number of benzene rings is 1. The van der Waals surface area contributed by atoms with E-state index < -0.39 is 0 Å². The van der Waals surface area contributed by atoms with Gasteiger partial charge in [0.1, 0.15) is 0 Å². The highest BCUT2D eigenvalue weighted by Gasteiger charge is 2.04. The van der Waals surface area contributed by atoms with Gasteiger partial charge in [0.05, 0.1) is 0 Å². The third kappa shape index (κ3) is 3.60. The van der Waals surface area contributed by atoms with Crippen LogP contribution in [0.2, 0.25) is 0 Å². The average molecular weight is 302 g/mol. The summed E-state index contributed by atoms with van der Waals surface area (Å²) in [6, 6.07) is 6.94. The van der Waals surface area contributed by atoms with Gasteiger partial charge in [-0.25, -0.2) is 0 Å². The van der Waals surface area contributed by atoms with Gasteiger partial charge in [-0.2, -0.15) is 0 Å². The van der Waals surface area contributed by atoms with Gasteiger partial charge in [0.2, 0.25) is 0 Å². The largest absolute Gasteiger partial charge is 0.0625 e. The van der Waals surface area contributed by atoms with E-state index in [0.717, 1.165) is 5.92 Å². The maximum atomic E-state index is 2.41. The summed E-state index contributed by atoms with van der Waals surface area (Å²) in [5.74, 6) is 1.38. The van der Waals surface area contributed by atoms with Crippen LogP contribution < -0.4 is 0 Å². The lowest BCUT2D eigenvalue weighted by Crippen LogP contribution is -1.97. The molecule has 0 heterocycles. The fourth-order valence-electron chi connectivity index (χ4n) is 1.60. The molecule has 0 saturated heterocycles. The normalized spacial score (nSPS) is 11.4. The number of rotatable bonds is 3. The molecule has 1 aromatic rings. The molecule has 0 fully saturated rings. The van der Waals surface area contributed by atoms with E-state index in [9.17, 15) is 0 Å². The van der Waals surface area contributed by atoms with Gasteiger partial charge in [-0.3, -0.25) is 0 Å². The van der Waals surface area contributed by atoms with Crippen molar-refractivity contribution in [2.45, 2.75) is 40.0 Å². The van der Waals surface area contributed by atoms with E-state index in [2.05, 4.69) is 68.5 Å². The summed E-state index contributed by atoms with van der Waals surface area (Å²) < 4.78 is 1.37. The van der Waals surface area contributed by atoms with Gasteiger partial charge in [0.25, 0.3) is 0 Å². The quantitative estimate of drug-likeness (QED) is 0.715. The third-order valence-corrected chi connectivity index (χ3v) is 2.91. The van der Waals surface area contributed by atoms with Gasteiger partial charge in [-0.15, -0.1) is 0 Å². The molecule has 0 N–H and O–H groups in total. The van der Waals surface area contributed by atoms with E-state index >= 15 is 0 Å². The first-order valence-electron chi connectivity index (χ1n) is 5.28. The van der Waals surface area contributed by atoms with E-state index in [0.29, 0.717) is 5.92 Å². The van der Waals surface area contributed by atoms with Crippen LogP contribution in [0, 0.1) is 9.49 Å². The molecule has 14 heavy (non-hydrogen) atoms. The van der Waals surface area contributed by atoms with Crippen LogP contribution in [0.4, 0.5) is 0 Å². The molecule has 0 saturated carbocycles. The number of hydrogen-bond acceptors (Lipinski definition) is 0. The minimum Gasteiger partial charge on any atom is -0.0625 e. The summed E-state index contributed by atoms with van der Waals surface area (Å²) in [5, 5.41) is 0. The second kappa shape index (κ2) is 5.15. The zero-order valence-corrected chi connectivity index (χ0v) is 11.6. The zero-order valence-electron chi connectivity index (χ0n) is 9.47. The van der Waals surface area contributed by atoms with Crippen molar-refractivity contribution in [3.05, 3.63) is 32.9 Å². The van der Waals surface area contributed by atoms with E-state index in [4.69, 9.17) is 0 Å². The van der Waals surface area contributed by atoms with Crippen LogP contribution in [0.1, 0.15) is 44.7 Å². The average Bonchev–Trinajstić information content (AvgIpc) is 2.01. The van der Waals surface area contributed by atoms with E-state index in [1.165, 1.54) is 21.1 Å². The first-order chi connectivity index (χ1) is 6.49. The fraction of sp³-hybridized carbons (Fsp3) is 0.538. The molecule has 0 spiro atoms. The number of hydrogen-bond donors (Lipinski definition) is 0. The Balaban J connectivity index is 2.95. The summed E-state index contributed by atoms with van der Waals surface area (Å²) in [6.07, 6.45) is 1.19. The molecule has 0 nitrogen and oxygen atoms in total. The lowest BCUT2D eigenvalue weighted by atomic mass is 9.97. The second-order valence-electron chi connectivity index (χ2n) is 4.65. The molecule has 0 aliphatic carbocycles. The highest BCUT2D eigenvalue weighted by atomic mass is 127. The first kappa shape index (κ1) is 12.0. The van der Waals surface area contributed by atoms with Crippen molar-refractivity contribution in [3.8, 4) is 0 Å². The third-order valence-electron chi connectivity index (χ3n) is 2.29. The van der Waals surface area contributed by atoms with Gasteiger partial charge in [0, 0.05) is 3.57 Å². The molecule has 1 aromatic carbocycles. The molecule has 0 radical (unpaired) electrons. The molecule has 0 atom stereocenters. The maximum absolute atomic E-state index is 2.41.